The third kappa shape index (κ3) is 6.04. The van der Waals surface area contributed by atoms with Crippen LogP contribution in [0.25, 0.3) is 112 Å². The number of furan rings is 1. The van der Waals surface area contributed by atoms with Gasteiger partial charge in [-0.2, -0.15) is 0 Å². The molecule has 0 amide bonds. The predicted molar refractivity (Wildman–Crippen MR) is 228 cm³/mol. The highest BCUT2D eigenvalue weighted by atomic mass is 16.3. The Morgan fingerprint density at radius 2 is 0.807 bits per heavy atom. The van der Waals surface area contributed by atoms with Crippen molar-refractivity contribution in [2.75, 3.05) is 0 Å². The highest BCUT2D eigenvalue weighted by Gasteiger charge is 2.16. The summed E-state index contributed by atoms with van der Waals surface area (Å²) in [6, 6.07) is 58.2. The lowest BCUT2D eigenvalue weighted by Gasteiger charge is -2.10. The van der Waals surface area contributed by atoms with Crippen LogP contribution in [-0.4, -0.2) is 29.9 Å². The van der Waals surface area contributed by atoms with Crippen LogP contribution in [0.3, 0.4) is 0 Å². The molecule has 4 aromatic heterocycles. The van der Waals surface area contributed by atoms with Gasteiger partial charge in [-0.15, -0.1) is 0 Å². The van der Waals surface area contributed by atoms with Gasteiger partial charge in [-0.3, -0.25) is 0 Å². The Bertz CT molecular complexity index is 3270. The number of benzene rings is 7. The van der Waals surface area contributed by atoms with Crippen LogP contribution in [0, 0.1) is 0 Å². The molecule has 266 valence electrons. The summed E-state index contributed by atoms with van der Waals surface area (Å²) in [6.45, 7) is 0. The molecule has 0 aliphatic heterocycles. The lowest BCUT2D eigenvalue weighted by atomic mass is 10.0. The van der Waals surface area contributed by atoms with E-state index in [2.05, 4.69) is 114 Å². The molecule has 0 radical (unpaired) electrons. The van der Waals surface area contributed by atoms with Gasteiger partial charge in [-0.05, 0) is 62.5 Å². The molecule has 0 spiro atoms. The Labute approximate surface area is 327 Å². The van der Waals surface area contributed by atoms with Gasteiger partial charge in [0.1, 0.15) is 5.52 Å². The SMILES string of the molecule is c1ccc(-c2ccc(-c3nc(-c4ccccc4)nc(-c4ccc(-c5cnc6oc7cnc(-c8ccc9cc%10ccccc%10cc9c8)nc7c6c5)cc4)n3)cc2)cc1. The number of hydrogen-bond donors (Lipinski definition) is 0. The molecule has 7 heteroatoms. The molecule has 11 aromatic rings. The van der Waals surface area contributed by atoms with E-state index in [-0.39, 0.29) is 0 Å². The van der Waals surface area contributed by atoms with Crippen molar-refractivity contribution in [3.8, 4) is 67.8 Å². The maximum absolute atomic E-state index is 6.10. The molecule has 0 aliphatic carbocycles. The summed E-state index contributed by atoms with van der Waals surface area (Å²) in [4.78, 5) is 29.2. The fourth-order valence-electron chi connectivity index (χ4n) is 7.43. The Morgan fingerprint density at radius 1 is 0.316 bits per heavy atom. The Morgan fingerprint density at radius 3 is 1.46 bits per heavy atom. The average molecular weight is 731 g/mol. The van der Waals surface area contributed by atoms with Gasteiger partial charge in [-0.1, -0.05) is 146 Å². The summed E-state index contributed by atoms with van der Waals surface area (Å²) in [6.07, 6.45) is 3.57. The van der Waals surface area contributed by atoms with E-state index in [9.17, 15) is 0 Å². The van der Waals surface area contributed by atoms with Crippen LogP contribution in [0.15, 0.2) is 187 Å². The number of nitrogens with zero attached hydrogens (tertiary/aromatic N) is 6. The van der Waals surface area contributed by atoms with Crippen molar-refractivity contribution in [1.29, 1.82) is 0 Å². The third-order valence-corrected chi connectivity index (χ3v) is 10.4. The first-order chi connectivity index (χ1) is 28.2. The molecule has 0 atom stereocenters. The molecular formula is C50H30N6O. The van der Waals surface area contributed by atoms with E-state index < -0.39 is 0 Å². The van der Waals surface area contributed by atoms with Gasteiger partial charge in [0.05, 0.1) is 11.6 Å². The first kappa shape index (κ1) is 32.5. The highest BCUT2D eigenvalue weighted by Crippen LogP contribution is 2.34. The first-order valence-electron chi connectivity index (χ1n) is 18.7. The average Bonchev–Trinajstić information content (AvgIpc) is 3.66. The van der Waals surface area contributed by atoms with Gasteiger partial charge < -0.3 is 4.42 Å². The molecule has 0 bridgehead atoms. The monoisotopic (exact) mass is 730 g/mol. The summed E-state index contributed by atoms with van der Waals surface area (Å²) in [5.74, 6) is 2.46. The van der Waals surface area contributed by atoms with Crippen LogP contribution in [0.1, 0.15) is 0 Å². The second kappa shape index (κ2) is 13.4. The van der Waals surface area contributed by atoms with Gasteiger partial charge in [0.25, 0.3) is 0 Å². The standard InChI is InChI=1S/C50H30N6O/c1-3-9-31(10-4-1)32-15-19-35(20-16-32)48-54-47(34-11-5-2-6-12-34)55-49(56-48)36-21-17-33(18-22-36)42-28-43-45-44(57-50(43)52-29-42)30-51-46(53-45)40-24-23-39-25-37-13-7-8-14-38(37)26-41(39)27-40/h1-30H. The minimum atomic E-state index is 0.518. The van der Waals surface area contributed by atoms with Crippen molar-refractivity contribution in [3.05, 3.63) is 182 Å². The van der Waals surface area contributed by atoms with E-state index in [1.807, 2.05) is 66.9 Å². The van der Waals surface area contributed by atoms with E-state index in [0.717, 1.165) is 60.8 Å². The Balaban J connectivity index is 0.933. The zero-order valence-corrected chi connectivity index (χ0v) is 30.4. The van der Waals surface area contributed by atoms with Crippen LogP contribution in [0.2, 0.25) is 0 Å². The maximum atomic E-state index is 6.10. The molecule has 4 heterocycles. The number of rotatable bonds is 6. The molecule has 57 heavy (non-hydrogen) atoms. The summed E-state index contributed by atoms with van der Waals surface area (Å²) >= 11 is 0. The molecule has 0 fully saturated rings. The first-order valence-corrected chi connectivity index (χ1v) is 18.7. The van der Waals surface area contributed by atoms with Crippen molar-refractivity contribution in [2.24, 2.45) is 0 Å². The predicted octanol–water partition coefficient (Wildman–Crippen LogP) is 12.3. The summed E-state index contributed by atoms with van der Waals surface area (Å²) < 4.78 is 6.10. The van der Waals surface area contributed by atoms with Crippen LogP contribution in [0.5, 0.6) is 0 Å². The van der Waals surface area contributed by atoms with E-state index >= 15 is 0 Å². The molecule has 11 rings (SSSR count). The van der Waals surface area contributed by atoms with Crippen molar-refractivity contribution in [1.82, 2.24) is 29.9 Å². The van der Waals surface area contributed by atoms with Gasteiger partial charge in [-0.25, -0.2) is 29.9 Å². The molecule has 0 saturated carbocycles. The van der Waals surface area contributed by atoms with E-state index in [1.54, 1.807) is 6.20 Å². The smallest absolute Gasteiger partial charge is 0.229 e. The van der Waals surface area contributed by atoms with Crippen molar-refractivity contribution in [3.63, 3.8) is 0 Å². The lowest BCUT2D eigenvalue weighted by Crippen LogP contribution is -2.00. The number of hydrogen-bond acceptors (Lipinski definition) is 7. The summed E-state index contributed by atoms with van der Waals surface area (Å²) in [5.41, 5.74) is 9.72. The zero-order valence-electron chi connectivity index (χ0n) is 30.4. The second-order valence-corrected chi connectivity index (χ2v) is 14.0. The molecule has 7 nitrogen and oxygen atoms in total. The lowest BCUT2D eigenvalue weighted by molar-refractivity contribution is 0.651. The summed E-state index contributed by atoms with van der Waals surface area (Å²) in [7, 11) is 0. The molecule has 7 aromatic carbocycles. The number of aromatic nitrogens is 6. The summed E-state index contributed by atoms with van der Waals surface area (Å²) in [5, 5.41) is 5.56. The van der Waals surface area contributed by atoms with Crippen molar-refractivity contribution in [2.45, 2.75) is 0 Å². The second-order valence-electron chi connectivity index (χ2n) is 14.0. The molecule has 0 unspecified atom stereocenters. The number of fused-ring (bicyclic) bond motifs is 5. The quantitative estimate of drug-likeness (QED) is 0.157. The van der Waals surface area contributed by atoms with Crippen molar-refractivity contribution < 1.29 is 4.42 Å². The van der Waals surface area contributed by atoms with E-state index in [4.69, 9.17) is 29.3 Å². The van der Waals surface area contributed by atoms with Gasteiger partial charge in [0.15, 0.2) is 28.9 Å². The Kier molecular flexibility index (Phi) is 7.67. The van der Waals surface area contributed by atoms with Crippen LogP contribution < -0.4 is 0 Å². The van der Waals surface area contributed by atoms with Gasteiger partial charge in [0, 0.05) is 34.0 Å². The third-order valence-electron chi connectivity index (χ3n) is 10.4. The number of pyridine rings is 1. The fourth-order valence-corrected chi connectivity index (χ4v) is 7.43. The topological polar surface area (TPSA) is 90.5 Å². The zero-order chi connectivity index (χ0) is 37.7. The fraction of sp³-hybridized carbons (Fsp3) is 0. The molecule has 0 saturated heterocycles. The van der Waals surface area contributed by atoms with Gasteiger partial charge in [0.2, 0.25) is 5.71 Å². The largest absolute Gasteiger partial charge is 0.434 e. The van der Waals surface area contributed by atoms with E-state index in [1.165, 1.54) is 16.2 Å². The normalized spacial score (nSPS) is 11.5. The van der Waals surface area contributed by atoms with Crippen LogP contribution in [-0.2, 0) is 0 Å². The Hall–Kier alpha value is -7.90. The molecule has 0 N–H and O–H groups in total. The van der Waals surface area contributed by atoms with Crippen LogP contribution in [0.4, 0.5) is 0 Å². The molecule has 0 aliphatic rings. The van der Waals surface area contributed by atoms with Crippen LogP contribution >= 0.6 is 0 Å². The van der Waals surface area contributed by atoms with Crippen molar-refractivity contribution >= 4 is 43.7 Å². The van der Waals surface area contributed by atoms with Gasteiger partial charge >= 0.3 is 0 Å². The molecular weight excluding hydrogens is 701 g/mol. The van der Waals surface area contributed by atoms with E-state index in [0.29, 0.717) is 34.6 Å². The maximum Gasteiger partial charge on any atom is 0.229 e. The minimum absolute atomic E-state index is 0.518. The highest BCUT2D eigenvalue weighted by molar-refractivity contribution is 6.03. The minimum Gasteiger partial charge on any atom is -0.434 e.